The zero-order valence-corrected chi connectivity index (χ0v) is 28.8. The Labute approximate surface area is 298 Å². The van der Waals surface area contributed by atoms with Gasteiger partial charge in [0.15, 0.2) is 0 Å². The molecule has 2 aromatic heterocycles. The number of alkyl halides is 3. The third-order valence-corrected chi connectivity index (χ3v) is 10.4. The van der Waals surface area contributed by atoms with Gasteiger partial charge < -0.3 is 14.2 Å². The predicted molar refractivity (Wildman–Crippen MR) is 182 cm³/mol. The zero-order chi connectivity index (χ0) is 36.3. The highest BCUT2D eigenvalue weighted by atomic mass is 35.5. The van der Waals surface area contributed by atoms with Gasteiger partial charge in [0.2, 0.25) is 5.13 Å². The zero-order valence-electron chi connectivity index (χ0n) is 26.4. The minimum Gasteiger partial charge on any atom is -0.497 e. The Kier molecular flexibility index (Phi) is 10.1. The molecular formula is C34H24ClF4N5O5S2. The number of benzene rings is 4. The Morgan fingerprint density at radius 1 is 0.843 bits per heavy atom. The Morgan fingerprint density at radius 2 is 1.61 bits per heavy atom. The number of nitrogens with zero attached hydrogens (tertiary/aromatic N) is 5. The van der Waals surface area contributed by atoms with Crippen molar-refractivity contribution < 1.29 is 40.2 Å². The number of ether oxygens (including phenoxy) is 3. The van der Waals surface area contributed by atoms with Crippen molar-refractivity contribution in [1.29, 1.82) is 0 Å². The standard InChI is InChI=1S/C34H24ClF4N5O5S2/c1-47-25-9-5-23(30(14-25)48-2)18-44(33-40-19-43-50-33)51(45,46)32-15-27(35)31(16-28(32)36)49-29-10-6-21(13-26(29)22-11-12-41-42-17-22)20-3-7-24(8-4-20)34(37,38)39/h3-17,19H,18H2,1-2H3. The number of aromatic nitrogens is 4. The summed E-state index contributed by atoms with van der Waals surface area (Å²) in [5.41, 5.74) is 1.62. The first kappa shape index (κ1) is 35.5. The number of hydrogen-bond donors (Lipinski definition) is 0. The van der Waals surface area contributed by atoms with Gasteiger partial charge >= 0.3 is 6.18 Å². The fraction of sp³-hybridized carbons (Fsp3) is 0.118. The normalized spacial score (nSPS) is 11.7. The molecule has 0 N–H and O–H groups in total. The monoisotopic (exact) mass is 757 g/mol. The van der Waals surface area contributed by atoms with E-state index >= 15 is 4.39 Å². The third-order valence-electron chi connectivity index (χ3n) is 7.57. The first-order valence-electron chi connectivity index (χ1n) is 14.6. The number of rotatable bonds is 11. The number of halogens is 5. The third kappa shape index (κ3) is 7.57. The largest absolute Gasteiger partial charge is 0.497 e. The predicted octanol–water partition coefficient (Wildman–Crippen LogP) is 8.68. The SMILES string of the molecule is COc1ccc(CN(c2ncns2)S(=O)(=O)c2cc(Cl)c(Oc3ccc(-c4ccc(C(F)(F)F)cc4)cc3-c3ccnnc3)cc2F)c(OC)c1. The van der Waals surface area contributed by atoms with E-state index < -0.39 is 32.5 Å². The highest BCUT2D eigenvalue weighted by molar-refractivity contribution is 7.93. The van der Waals surface area contributed by atoms with Gasteiger partial charge in [-0.1, -0.05) is 29.8 Å². The molecule has 0 atom stereocenters. The molecule has 0 radical (unpaired) electrons. The second kappa shape index (κ2) is 14.5. The van der Waals surface area contributed by atoms with Crippen molar-refractivity contribution in [3.8, 4) is 45.3 Å². The molecule has 6 rings (SSSR count). The average Bonchev–Trinajstić information content (AvgIpc) is 3.66. The van der Waals surface area contributed by atoms with E-state index in [2.05, 4.69) is 19.6 Å². The molecule has 17 heteroatoms. The molecule has 0 unspecified atom stereocenters. The molecule has 4 aromatic carbocycles. The number of anilines is 1. The van der Waals surface area contributed by atoms with Gasteiger partial charge in [0.1, 0.15) is 40.0 Å². The maximum Gasteiger partial charge on any atom is 0.416 e. The van der Waals surface area contributed by atoms with Crippen molar-refractivity contribution in [2.75, 3.05) is 18.5 Å². The molecule has 0 saturated heterocycles. The Hall–Kier alpha value is -5.32. The first-order chi connectivity index (χ1) is 24.4. The molecule has 6 aromatic rings. The lowest BCUT2D eigenvalue weighted by Gasteiger charge is -2.23. The van der Waals surface area contributed by atoms with Crippen LogP contribution in [0.25, 0.3) is 22.3 Å². The summed E-state index contributed by atoms with van der Waals surface area (Å²) in [4.78, 5) is 3.30. The molecule has 0 spiro atoms. The fourth-order valence-electron chi connectivity index (χ4n) is 5.02. The molecule has 0 aliphatic carbocycles. The van der Waals surface area contributed by atoms with Crippen LogP contribution >= 0.6 is 23.1 Å². The van der Waals surface area contributed by atoms with Crippen LogP contribution in [0.4, 0.5) is 22.7 Å². The van der Waals surface area contributed by atoms with Crippen molar-refractivity contribution >= 4 is 38.3 Å². The topological polar surface area (TPSA) is 117 Å². The maximum absolute atomic E-state index is 15.9. The van der Waals surface area contributed by atoms with Crippen LogP contribution in [0.15, 0.2) is 102 Å². The van der Waals surface area contributed by atoms with Crippen molar-refractivity contribution in [1.82, 2.24) is 19.6 Å². The van der Waals surface area contributed by atoms with Gasteiger partial charge in [0.25, 0.3) is 10.0 Å². The Bertz CT molecular complexity index is 2280. The molecule has 51 heavy (non-hydrogen) atoms. The average molecular weight is 758 g/mol. The van der Waals surface area contributed by atoms with Crippen molar-refractivity contribution in [3.63, 3.8) is 0 Å². The summed E-state index contributed by atoms with van der Waals surface area (Å²) >= 11 is 7.35. The van der Waals surface area contributed by atoms with Crippen LogP contribution in [0.3, 0.4) is 0 Å². The number of sulfonamides is 1. The van der Waals surface area contributed by atoms with E-state index in [-0.39, 0.29) is 28.2 Å². The van der Waals surface area contributed by atoms with Crippen LogP contribution < -0.4 is 18.5 Å². The molecule has 0 saturated carbocycles. The molecule has 262 valence electrons. The van der Waals surface area contributed by atoms with Gasteiger partial charge in [-0.15, -0.1) is 0 Å². The van der Waals surface area contributed by atoms with Gasteiger partial charge in [-0.05, 0) is 59.7 Å². The molecule has 0 aliphatic rings. The molecule has 0 fully saturated rings. The van der Waals surface area contributed by atoms with Crippen molar-refractivity contribution in [3.05, 3.63) is 120 Å². The van der Waals surface area contributed by atoms with E-state index in [0.29, 0.717) is 39.3 Å². The lowest BCUT2D eigenvalue weighted by atomic mass is 9.98. The summed E-state index contributed by atoms with van der Waals surface area (Å²) in [6, 6.07) is 17.7. The van der Waals surface area contributed by atoms with Crippen molar-refractivity contribution in [2.45, 2.75) is 17.6 Å². The summed E-state index contributed by atoms with van der Waals surface area (Å²) in [5.74, 6) is -0.410. The lowest BCUT2D eigenvalue weighted by Crippen LogP contribution is -2.31. The lowest BCUT2D eigenvalue weighted by molar-refractivity contribution is -0.137. The highest BCUT2D eigenvalue weighted by Crippen LogP contribution is 2.41. The number of methoxy groups -OCH3 is 2. The van der Waals surface area contributed by atoms with Crippen LogP contribution in [-0.2, 0) is 22.7 Å². The molecular weight excluding hydrogens is 734 g/mol. The van der Waals surface area contributed by atoms with E-state index in [1.165, 1.54) is 51.1 Å². The van der Waals surface area contributed by atoms with E-state index in [1.54, 1.807) is 36.4 Å². The van der Waals surface area contributed by atoms with E-state index in [9.17, 15) is 21.6 Å². The summed E-state index contributed by atoms with van der Waals surface area (Å²) in [7, 11) is -1.76. The highest BCUT2D eigenvalue weighted by Gasteiger charge is 2.33. The second-order valence-corrected chi connectivity index (χ2v) is 13.6. The van der Waals surface area contributed by atoms with Crippen LogP contribution in [0.2, 0.25) is 5.02 Å². The van der Waals surface area contributed by atoms with E-state index in [4.69, 9.17) is 25.8 Å². The molecule has 0 aliphatic heterocycles. The van der Waals surface area contributed by atoms with Gasteiger partial charge in [-0.25, -0.2) is 22.1 Å². The second-order valence-electron chi connectivity index (χ2n) is 10.6. The molecule has 2 heterocycles. The van der Waals surface area contributed by atoms with Crippen molar-refractivity contribution in [2.24, 2.45) is 0 Å². The minimum atomic E-state index is -4.65. The summed E-state index contributed by atoms with van der Waals surface area (Å²) in [6.45, 7) is -0.297. The fourth-order valence-corrected chi connectivity index (χ4v) is 7.49. The maximum atomic E-state index is 15.9. The van der Waals surface area contributed by atoms with Gasteiger partial charge in [0, 0.05) is 40.4 Å². The van der Waals surface area contributed by atoms with Gasteiger partial charge in [-0.3, -0.25) is 0 Å². The van der Waals surface area contributed by atoms with Crippen LogP contribution in [-0.4, -0.2) is 42.2 Å². The number of hydrogen-bond acceptors (Lipinski definition) is 10. The first-order valence-corrected chi connectivity index (χ1v) is 17.2. The quantitative estimate of drug-likeness (QED) is 0.120. The summed E-state index contributed by atoms with van der Waals surface area (Å²) < 4.78 is 105. The molecule has 0 bridgehead atoms. The van der Waals surface area contributed by atoms with E-state index in [1.807, 2.05) is 0 Å². The summed E-state index contributed by atoms with van der Waals surface area (Å²) in [5, 5.41) is 7.41. The van der Waals surface area contributed by atoms with E-state index in [0.717, 1.165) is 40.1 Å². The van der Waals surface area contributed by atoms with Gasteiger partial charge in [0.05, 0.1) is 43.7 Å². The van der Waals surface area contributed by atoms with Crippen LogP contribution in [0, 0.1) is 5.82 Å². The Morgan fingerprint density at radius 3 is 2.25 bits per heavy atom. The summed E-state index contributed by atoms with van der Waals surface area (Å²) in [6.07, 6.45) is -0.446. The van der Waals surface area contributed by atoms with Crippen LogP contribution in [0.5, 0.6) is 23.0 Å². The van der Waals surface area contributed by atoms with Gasteiger partial charge in [-0.2, -0.15) is 27.7 Å². The molecule has 10 nitrogen and oxygen atoms in total. The minimum absolute atomic E-state index is 0.0348. The smallest absolute Gasteiger partial charge is 0.416 e. The van der Waals surface area contributed by atoms with Crippen LogP contribution in [0.1, 0.15) is 11.1 Å². The Balaban J connectivity index is 1.36. The molecule has 0 amide bonds.